The Hall–Kier alpha value is -6.95. The monoisotopic (exact) mass is 758 g/mol. The van der Waals surface area contributed by atoms with E-state index in [0.29, 0.717) is 51.3 Å². The highest BCUT2D eigenvalue weighted by molar-refractivity contribution is 6.09. The number of nitrogen functional groups attached to an aromatic ring is 1. The van der Waals surface area contributed by atoms with E-state index >= 15 is 0 Å². The van der Waals surface area contributed by atoms with Gasteiger partial charge in [0.25, 0.3) is 17.7 Å². The lowest BCUT2D eigenvalue weighted by Gasteiger charge is -2.19. The van der Waals surface area contributed by atoms with Gasteiger partial charge in [-0.2, -0.15) is 0 Å². The van der Waals surface area contributed by atoms with E-state index in [4.69, 9.17) is 19.9 Å². The Morgan fingerprint density at radius 2 is 1.16 bits per heavy atom. The van der Waals surface area contributed by atoms with Gasteiger partial charge in [0, 0.05) is 45.7 Å². The van der Waals surface area contributed by atoms with Crippen LogP contribution in [0.15, 0.2) is 111 Å². The summed E-state index contributed by atoms with van der Waals surface area (Å²) in [6, 6.07) is 18.6. The molecule has 1 unspecified atom stereocenters. The minimum Gasteiger partial charge on any atom is -0.488 e. The first-order chi connectivity index (χ1) is 26.9. The van der Waals surface area contributed by atoms with Crippen LogP contribution in [0.4, 0.5) is 17.1 Å². The molecule has 4 aromatic rings. The fourth-order valence-corrected chi connectivity index (χ4v) is 5.63. The van der Waals surface area contributed by atoms with Crippen LogP contribution in [0.3, 0.4) is 0 Å². The Kier molecular flexibility index (Phi) is 14.9. The fraction of sp³-hybridized carbons (Fsp3) is 0.205. The molecule has 4 rings (SSSR count). The molecule has 12 nitrogen and oxygen atoms in total. The number of rotatable bonds is 19. The number of anilines is 3. The van der Waals surface area contributed by atoms with Crippen LogP contribution < -0.4 is 31.2 Å². The summed E-state index contributed by atoms with van der Waals surface area (Å²) in [5.74, 6) is -1.61. The summed E-state index contributed by atoms with van der Waals surface area (Å²) in [6.45, 7) is 16.4. The van der Waals surface area contributed by atoms with Crippen LogP contribution in [0, 0.1) is 13.8 Å². The van der Waals surface area contributed by atoms with Crippen LogP contribution in [0.2, 0.25) is 0 Å². The van der Waals surface area contributed by atoms with Crippen molar-refractivity contribution < 1.29 is 38.2 Å². The molecule has 0 aromatic heterocycles. The van der Waals surface area contributed by atoms with Crippen LogP contribution in [-0.4, -0.2) is 55.3 Å². The standard InChI is InChI=1S/C44H46N4O8/c1-7-23-54-39-27(5)36(21-19-33(39)43(52)48-37-22-20-34(44(53)56-25-9-3)40(28(37)6)55-24-8-2)47-42(51)30-13-11-29(12-14-30)26-38(49)35(10-4)46-41(50)31-15-17-32(45)18-16-31/h7-9,11-22,35H,1-3,10,23-26,45H2,4-6H3,(H,46,50)(H,47,51)(H,48,52). The number of Topliss-reactive ketones (excluding diaryl/α,β-unsaturated/α-hetero) is 1. The van der Waals surface area contributed by atoms with Gasteiger partial charge in [0.2, 0.25) is 0 Å². The molecule has 5 N–H and O–H groups in total. The summed E-state index contributed by atoms with van der Waals surface area (Å²) >= 11 is 0. The molecule has 1 atom stereocenters. The van der Waals surface area contributed by atoms with Gasteiger partial charge in [0.05, 0.1) is 11.6 Å². The maximum Gasteiger partial charge on any atom is 0.342 e. The molecule has 4 aromatic carbocycles. The number of nitrogens with two attached hydrogens (primary N) is 1. The third kappa shape index (κ3) is 10.6. The molecule has 56 heavy (non-hydrogen) atoms. The number of carbonyl (C=O) groups excluding carboxylic acids is 5. The average molecular weight is 759 g/mol. The first-order valence-electron chi connectivity index (χ1n) is 17.9. The van der Waals surface area contributed by atoms with Crippen molar-refractivity contribution in [2.45, 2.75) is 39.7 Å². The predicted octanol–water partition coefficient (Wildman–Crippen LogP) is 7.18. The van der Waals surface area contributed by atoms with Gasteiger partial charge < -0.3 is 35.9 Å². The molecule has 3 amide bonds. The van der Waals surface area contributed by atoms with Gasteiger partial charge in [0.15, 0.2) is 5.78 Å². The second kappa shape index (κ2) is 19.9. The Morgan fingerprint density at radius 1 is 0.661 bits per heavy atom. The average Bonchev–Trinajstić information content (AvgIpc) is 3.19. The molecule has 0 bridgehead atoms. The number of ether oxygens (including phenoxy) is 3. The quantitative estimate of drug-likeness (QED) is 0.0439. The molecule has 0 aliphatic rings. The Morgan fingerprint density at radius 3 is 1.71 bits per heavy atom. The van der Waals surface area contributed by atoms with Gasteiger partial charge in [-0.15, -0.1) is 0 Å². The van der Waals surface area contributed by atoms with E-state index < -0.39 is 23.8 Å². The summed E-state index contributed by atoms with van der Waals surface area (Å²) in [5, 5.41) is 8.54. The summed E-state index contributed by atoms with van der Waals surface area (Å²) in [7, 11) is 0. The minimum atomic E-state index is -0.690. The number of hydrogen-bond donors (Lipinski definition) is 4. The van der Waals surface area contributed by atoms with E-state index in [0.717, 1.165) is 0 Å². The van der Waals surface area contributed by atoms with Gasteiger partial charge in [-0.25, -0.2) is 4.79 Å². The second-order valence-corrected chi connectivity index (χ2v) is 12.6. The molecule has 0 saturated carbocycles. The van der Waals surface area contributed by atoms with E-state index in [2.05, 4.69) is 35.7 Å². The van der Waals surface area contributed by atoms with Crippen molar-refractivity contribution in [3.63, 3.8) is 0 Å². The first-order valence-corrected chi connectivity index (χ1v) is 17.9. The summed E-state index contributed by atoms with van der Waals surface area (Å²) < 4.78 is 16.9. The SMILES string of the molecule is C=CCOC(=O)c1ccc(NC(=O)c2ccc(NC(=O)c3ccc(CC(=O)C(CC)NC(=O)c4ccc(N)cc4)cc3)c(C)c2OCC=C)c(C)c1OCC=C. The molecule has 0 heterocycles. The molecule has 12 heteroatoms. The number of carbonyl (C=O) groups is 5. The number of benzene rings is 4. The topological polar surface area (TPSA) is 175 Å². The van der Waals surface area contributed by atoms with Crippen molar-refractivity contribution in [2.24, 2.45) is 0 Å². The molecular formula is C44H46N4O8. The molecule has 0 fully saturated rings. The molecule has 0 aliphatic heterocycles. The zero-order chi connectivity index (χ0) is 40.8. The van der Waals surface area contributed by atoms with Gasteiger partial charge in [-0.1, -0.05) is 57.0 Å². The summed E-state index contributed by atoms with van der Waals surface area (Å²) in [6.07, 6.45) is 4.99. The Labute approximate surface area is 326 Å². The van der Waals surface area contributed by atoms with E-state index in [9.17, 15) is 24.0 Å². The van der Waals surface area contributed by atoms with Crippen molar-refractivity contribution in [1.29, 1.82) is 0 Å². The maximum absolute atomic E-state index is 13.7. The van der Waals surface area contributed by atoms with Crippen LogP contribution >= 0.6 is 0 Å². The summed E-state index contributed by atoms with van der Waals surface area (Å²) in [4.78, 5) is 65.6. The van der Waals surface area contributed by atoms with Gasteiger partial charge in [0.1, 0.15) is 36.9 Å². The van der Waals surface area contributed by atoms with E-state index in [1.165, 1.54) is 30.4 Å². The lowest BCUT2D eigenvalue weighted by atomic mass is 10.00. The van der Waals surface area contributed by atoms with Crippen molar-refractivity contribution in [3.8, 4) is 11.5 Å². The molecule has 0 radical (unpaired) electrons. The van der Waals surface area contributed by atoms with E-state index in [1.54, 1.807) is 74.5 Å². The zero-order valence-electron chi connectivity index (χ0n) is 31.7. The van der Waals surface area contributed by atoms with Gasteiger partial charge in [-0.3, -0.25) is 19.2 Å². The second-order valence-electron chi connectivity index (χ2n) is 12.6. The van der Waals surface area contributed by atoms with Crippen LogP contribution in [0.5, 0.6) is 11.5 Å². The smallest absolute Gasteiger partial charge is 0.342 e. The Balaban J connectivity index is 1.48. The van der Waals surface area contributed by atoms with Crippen molar-refractivity contribution in [1.82, 2.24) is 5.32 Å². The third-order valence-corrected chi connectivity index (χ3v) is 8.67. The van der Waals surface area contributed by atoms with Crippen LogP contribution in [0.1, 0.15) is 71.5 Å². The minimum absolute atomic E-state index is 0.0189. The lowest BCUT2D eigenvalue weighted by molar-refractivity contribution is -0.120. The number of esters is 1. The van der Waals surface area contributed by atoms with Crippen molar-refractivity contribution in [2.75, 3.05) is 36.2 Å². The van der Waals surface area contributed by atoms with Crippen LogP contribution in [-0.2, 0) is 16.0 Å². The summed E-state index contributed by atoms with van der Waals surface area (Å²) in [5.41, 5.74) is 9.80. The normalized spacial score (nSPS) is 11.0. The highest BCUT2D eigenvalue weighted by Gasteiger charge is 2.24. The van der Waals surface area contributed by atoms with Crippen LogP contribution in [0.25, 0.3) is 0 Å². The lowest BCUT2D eigenvalue weighted by Crippen LogP contribution is -2.41. The van der Waals surface area contributed by atoms with Gasteiger partial charge >= 0.3 is 5.97 Å². The van der Waals surface area contributed by atoms with Crippen molar-refractivity contribution >= 4 is 46.5 Å². The highest BCUT2D eigenvalue weighted by atomic mass is 16.5. The zero-order valence-corrected chi connectivity index (χ0v) is 31.7. The molecule has 0 aliphatic carbocycles. The van der Waals surface area contributed by atoms with E-state index in [1.807, 2.05) is 6.92 Å². The molecule has 290 valence electrons. The maximum atomic E-state index is 13.7. The predicted molar refractivity (Wildman–Crippen MR) is 218 cm³/mol. The number of hydrogen-bond acceptors (Lipinski definition) is 9. The largest absolute Gasteiger partial charge is 0.488 e. The number of amides is 3. The molecular weight excluding hydrogens is 713 g/mol. The molecule has 0 spiro atoms. The first kappa shape index (κ1) is 41.8. The number of nitrogens with one attached hydrogen (secondary N) is 3. The van der Waals surface area contributed by atoms with E-state index in [-0.39, 0.29) is 60.6 Å². The number of ketones is 1. The fourth-order valence-electron chi connectivity index (χ4n) is 5.63. The highest BCUT2D eigenvalue weighted by Crippen LogP contribution is 2.34. The third-order valence-electron chi connectivity index (χ3n) is 8.67. The molecule has 0 saturated heterocycles. The van der Waals surface area contributed by atoms with Gasteiger partial charge in [-0.05, 0) is 86.5 Å². The Bertz CT molecular complexity index is 2120. The van der Waals surface area contributed by atoms with Crippen molar-refractivity contribution in [3.05, 3.63) is 150 Å².